The number of hydrogen-bond acceptors (Lipinski definition) is 3. The van der Waals surface area contributed by atoms with Crippen LogP contribution in [-0.2, 0) is 6.42 Å². The highest BCUT2D eigenvalue weighted by Crippen LogP contribution is 2.07. The van der Waals surface area contributed by atoms with E-state index in [1.807, 2.05) is 0 Å². The van der Waals surface area contributed by atoms with Gasteiger partial charge in [-0.2, -0.15) is 0 Å². The Labute approximate surface area is 136 Å². The zero-order chi connectivity index (χ0) is 16.5. The molecule has 4 nitrogen and oxygen atoms in total. The molecule has 2 rings (SSSR count). The van der Waals surface area contributed by atoms with Gasteiger partial charge in [0.1, 0.15) is 11.6 Å². The summed E-state index contributed by atoms with van der Waals surface area (Å²) in [5.74, 6) is 0.321. The largest absolute Gasteiger partial charge is 0.370 e. The van der Waals surface area contributed by atoms with Crippen LogP contribution in [0.25, 0.3) is 0 Å². The van der Waals surface area contributed by atoms with Crippen LogP contribution in [0.3, 0.4) is 0 Å². The first-order valence-corrected chi connectivity index (χ1v) is 7.92. The molecule has 0 spiro atoms. The third-order valence-electron chi connectivity index (χ3n) is 3.50. The van der Waals surface area contributed by atoms with Crippen molar-refractivity contribution < 1.29 is 9.18 Å². The molecule has 1 heterocycles. The van der Waals surface area contributed by atoms with Crippen LogP contribution in [0.5, 0.6) is 0 Å². The molecular formula is C18H22FN3O. The third-order valence-corrected chi connectivity index (χ3v) is 3.50. The number of anilines is 1. The van der Waals surface area contributed by atoms with Crippen molar-refractivity contribution in [3.63, 3.8) is 0 Å². The molecule has 0 bridgehead atoms. The summed E-state index contributed by atoms with van der Waals surface area (Å²) in [4.78, 5) is 16.2. The van der Waals surface area contributed by atoms with Gasteiger partial charge in [0.05, 0.1) is 5.56 Å². The molecule has 23 heavy (non-hydrogen) atoms. The van der Waals surface area contributed by atoms with Crippen molar-refractivity contribution in [2.45, 2.75) is 26.2 Å². The fourth-order valence-electron chi connectivity index (χ4n) is 2.14. The van der Waals surface area contributed by atoms with Crippen molar-refractivity contribution in [2.24, 2.45) is 0 Å². The molecule has 0 aliphatic rings. The van der Waals surface area contributed by atoms with Crippen LogP contribution in [-0.4, -0.2) is 24.0 Å². The quantitative estimate of drug-likeness (QED) is 0.734. The average Bonchev–Trinajstić information content (AvgIpc) is 2.57. The fourth-order valence-corrected chi connectivity index (χ4v) is 2.14. The highest BCUT2D eigenvalue weighted by Gasteiger charge is 2.06. The molecule has 0 saturated carbocycles. The molecule has 2 aromatic rings. The minimum atomic E-state index is -0.245. The van der Waals surface area contributed by atoms with Crippen molar-refractivity contribution >= 4 is 11.7 Å². The Kier molecular flexibility index (Phi) is 6.54. The molecule has 1 amide bonds. The van der Waals surface area contributed by atoms with Crippen LogP contribution < -0.4 is 10.6 Å². The van der Waals surface area contributed by atoms with E-state index in [2.05, 4.69) is 22.5 Å². The minimum Gasteiger partial charge on any atom is -0.370 e. The van der Waals surface area contributed by atoms with Crippen LogP contribution in [0, 0.1) is 5.82 Å². The Morgan fingerprint density at radius 2 is 2.00 bits per heavy atom. The average molecular weight is 315 g/mol. The first-order chi connectivity index (χ1) is 11.2. The van der Waals surface area contributed by atoms with E-state index in [-0.39, 0.29) is 11.7 Å². The maximum absolute atomic E-state index is 13.5. The Morgan fingerprint density at radius 1 is 1.17 bits per heavy atom. The summed E-state index contributed by atoms with van der Waals surface area (Å²) in [5, 5.41) is 5.98. The van der Waals surface area contributed by atoms with Crippen molar-refractivity contribution in [1.29, 1.82) is 0 Å². The Balaban J connectivity index is 1.80. The number of amides is 1. The summed E-state index contributed by atoms with van der Waals surface area (Å²) in [7, 11) is 0. The molecule has 1 aromatic heterocycles. The van der Waals surface area contributed by atoms with E-state index in [0.29, 0.717) is 24.1 Å². The Hall–Kier alpha value is -2.43. The smallest absolute Gasteiger partial charge is 0.252 e. The number of nitrogens with one attached hydrogen (secondary N) is 2. The number of rotatable bonds is 8. The second kappa shape index (κ2) is 8.88. The van der Waals surface area contributed by atoms with Crippen molar-refractivity contribution in [1.82, 2.24) is 10.3 Å². The summed E-state index contributed by atoms with van der Waals surface area (Å²) in [6.45, 7) is 3.39. The van der Waals surface area contributed by atoms with Crippen molar-refractivity contribution in [3.8, 4) is 0 Å². The number of hydrogen-bond donors (Lipinski definition) is 2. The van der Waals surface area contributed by atoms with Gasteiger partial charge in [-0.25, -0.2) is 9.37 Å². The van der Waals surface area contributed by atoms with Gasteiger partial charge in [0.25, 0.3) is 5.91 Å². The second-order valence-corrected chi connectivity index (χ2v) is 5.31. The second-order valence-electron chi connectivity index (χ2n) is 5.31. The lowest BCUT2D eigenvalue weighted by molar-refractivity contribution is 0.0953. The van der Waals surface area contributed by atoms with E-state index in [4.69, 9.17) is 0 Å². The molecule has 0 radical (unpaired) electrons. The van der Waals surface area contributed by atoms with Crippen LogP contribution in [0.15, 0.2) is 42.6 Å². The zero-order valence-electron chi connectivity index (χ0n) is 13.3. The summed E-state index contributed by atoms with van der Waals surface area (Å²) in [5.41, 5.74) is 1.10. The van der Waals surface area contributed by atoms with Crippen LogP contribution in [0.1, 0.15) is 35.7 Å². The SMILES string of the molecule is CCCCNc1ccc(C(=O)NCCc2ccccc2F)cn1. The van der Waals surface area contributed by atoms with E-state index in [9.17, 15) is 9.18 Å². The predicted molar refractivity (Wildman–Crippen MR) is 90.1 cm³/mol. The van der Waals surface area contributed by atoms with Crippen molar-refractivity contribution in [2.75, 3.05) is 18.4 Å². The molecule has 0 fully saturated rings. The molecule has 1 aromatic carbocycles. The maximum Gasteiger partial charge on any atom is 0.252 e. The number of halogens is 1. The van der Waals surface area contributed by atoms with Crippen LogP contribution in [0.4, 0.5) is 10.2 Å². The summed E-state index contributed by atoms with van der Waals surface area (Å²) in [6.07, 6.45) is 4.21. The zero-order valence-corrected chi connectivity index (χ0v) is 13.3. The van der Waals surface area contributed by atoms with Gasteiger partial charge in [-0.05, 0) is 36.6 Å². The molecule has 0 atom stereocenters. The lowest BCUT2D eigenvalue weighted by atomic mass is 10.1. The van der Waals surface area contributed by atoms with Gasteiger partial charge < -0.3 is 10.6 Å². The van der Waals surface area contributed by atoms with Gasteiger partial charge in [-0.3, -0.25) is 4.79 Å². The van der Waals surface area contributed by atoms with E-state index in [1.54, 1.807) is 36.5 Å². The molecule has 0 aliphatic carbocycles. The van der Waals surface area contributed by atoms with E-state index in [1.165, 1.54) is 6.07 Å². The third kappa shape index (κ3) is 5.36. The number of carbonyl (C=O) groups is 1. The fraction of sp³-hybridized carbons (Fsp3) is 0.333. The van der Waals surface area contributed by atoms with E-state index >= 15 is 0 Å². The number of benzene rings is 1. The summed E-state index contributed by atoms with van der Waals surface area (Å²) < 4.78 is 13.5. The number of pyridine rings is 1. The first-order valence-electron chi connectivity index (χ1n) is 7.92. The monoisotopic (exact) mass is 315 g/mol. The minimum absolute atomic E-state index is 0.200. The normalized spacial score (nSPS) is 10.3. The topological polar surface area (TPSA) is 54.0 Å². The van der Waals surface area contributed by atoms with Crippen LogP contribution in [0.2, 0.25) is 0 Å². The Bertz CT molecular complexity index is 628. The number of aromatic nitrogens is 1. The van der Waals surface area contributed by atoms with E-state index < -0.39 is 0 Å². The van der Waals surface area contributed by atoms with Gasteiger partial charge in [0, 0.05) is 19.3 Å². The molecule has 122 valence electrons. The van der Waals surface area contributed by atoms with Gasteiger partial charge in [-0.15, -0.1) is 0 Å². The standard InChI is InChI=1S/C18H22FN3O/c1-2-3-11-20-17-9-8-15(13-22-17)18(23)21-12-10-14-6-4-5-7-16(14)19/h4-9,13H,2-3,10-12H2,1H3,(H,20,22)(H,21,23). The molecule has 0 aliphatic heterocycles. The van der Waals surface area contributed by atoms with Gasteiger partial charge in [0.15, 0.2) is 0 Å². The van der Waals surface area contributed by atoms with Gasteiger partial charge in [0.2, 0.25) is 0 Å². The molecule has 2 N–H and O–H groups in total. The lowest BCUT2D eigenvalue weighted by Crippen LogP contribution is -2.26. The van der Waals surface area contributed by atoms with E-state index in [0.717, 1.165) is 25.2 Å². The highest BCUT2D eigenvalue weighted by atomic mass is 19.1. The first kappa shape index (κ1) is 16.9. The molecule has 0 unspecified atom stereocenters. The number of unbranched alkanes of at least 4 members (excludes halogenated alkanes) is 1. The van der Waals surface area contributed by atoms with Gasteiger partial charge in [-0.1, -0.05) is 31.5 Å². The highest BCUT2D eigenvalue weighted by molar-refractivity contribution is 5.94. The molecule has 0 saturated heterocycles. The molecule has 5 heteroatoms. The number of carbonyl (C=O) groups excluding carboxylic acids is 1. The van der Waals surface area contributed by atoms with Crippen LogP contribution >= 0.6 is 0 Å². The summed E-state index contributed by atoms with van der Waals surface area (Å²) >= 11 is 0. The maximum atomic E-state index is 13.5. The van der Waals surface area contributed by atoms with Crippen molar-refractivity contribution in [3.05, 3.63) is 59.5 Å². The van der Waals surface area contributed by atoms with Gasteiger partial charge >= 0.3 is 0 Å². The number of nitrogens with zero attached hydrogens (tertiary/aromatic N) is 1. The summed E-state index contributed by atoms with van der Waals surface area (Å²) in [6, 6.07) is 10.1. The molecular weight excluding hydrogens is 293 g/mol. The predicted octanol–water partition coefficient (Wildman–Crippen LogP) is 3.41. The lowest BCUT2D eigenvalue weighted by Gasteiger charge is -2.07. The Morgan fingerprint density at radius 3 is 2.70 bits per heavy atom.